The molecule has 0 amide bonds. The zero-order valence-electron chi connectivity index (χ0n) is 21.3. The van der Waals surface area contributed by atoms with Crippen molar-refractivity contribution in [2.45, 2.75) is 54.8 Å². The topological polar surface area (TPSA) is 276 Å². The molecular formula is C18H25N10O9Tb. The third-order valence-corrected chi connectivity index (χ3v) is 3.79. The molecule has 0 aliphatic carbocycles. The van der Waals surface area contributed by atoms with Crippen LogP contribution in [0.1, 0.15) is 47.4 Å². The molecule has 0 saturated carbocycles. The first kappa shape index (κ1) is 38.5. The minimum absolute atomic E-state index is 0. The second-order valence-electron chi connectivity index (χ2n) is 6.86. The van der Waals surface area contributed by atoms with Gasteiger partial charge < -0.3 is 46.0 Å². The molecule has 0 bridgehead atoms. The van der Waals surface area contributed by atoms with Gasteiger partial charge in [-0.15, -0.1) is 0 Å². The van der Waals surface area contributed by atoms with Crippen LogP contribution in [0.4, 0.5) is 0 Å². The number of nitrogens with zero attached hydrogens (tertiary/aromatic N) is 10. The summed E-state index contributed by atoms with van der Waals surface area (Å²) in [6.45, 7) is 13.6. The Balaban J connectivity index is -0.000000638. The SMILES string of the molecule is CC#N.Cc1cc(C)n(C(n2nc(C)cc2C)n2nc(C)cc2C)n1.O=[N+]([O-])[O-].O=[N+]([O-])[O-].O=[N+]([O-])[O-].[Tb+3]. The van der Waals surface area contributed by atoms with Gasteiger partial charge in [0.2, 0.25) is 6.29 Å². The van der Waals surface area contributed by atoms with E-state index in [1.165, 1.54) is 6.92 Å². The zero-order chi connectivity index (χ0) is 29.5. The molecule has 0 aliphatic heterocycles. The van der Waals surface area contributed by atoms with E-state index in [-0.39, 0.29) is 44.9 Å². The molecular weight excluding hydrogens is 659 g/mol. The maximum absolute atomic E-state index is 8.25. The van der Waals surface area contributed by atoms with Crippen LogP contribution in [-0.4, -0.2) is 44.6 Å². The van der Waals surface area contributed by atoms with Crippen LogP contribution in [0.5, 0.6) is 0 Å². The molecule has 0 N–H and O–H groups in total. The van der Waals surface area contributed by atoms with Crippen molar-refractivity contribution < 1.29 is 53.9 Å². The van der Waals surface area contributed by atoms with Crippen molar-refractivity contribution >= 4 is 0 Å². The standard InChI is InChI=1S/C16H22N6.C2H3N.3NO3.Tb/c1-10-7-13(4)20(17-10)16(21-14(5)8-11(2)18-21)22-15(6)9-12(3)19-22;1-2-3;3*2-1(3)4;/h7-9,16H,1-6H3;1H3;;;;/q;;3*-1;+3. The van der Waals surface area contributed by atoms with E-state index in [1.54, 1.807) is 6.07 Å². The molecule has 20 heteroatoms. The summed E-state index contributed by atoms with van der Waals surface area (Å²) in [6.07, 6.45) is -0.226. The smallest absolute Gasteiger partial charge is 0.356 e. The van der Waals surface area contributed by atoms with Gasteiger partial charge in [0, 0.05) is 24.0 Å². The van der Waals surface area contributed by atoms with Gasteiger partial charge in [-0.2, -0.15) is 20.6 Å². The predicted octanol–water partition coefficient (Wildman–Crippen LogP) is 2.49. The van der Waals surface area contributed by atoms with Crippen molar-refractivity contribution in [3.63, 3.8) is 0 Å². The summed E-state index contributed by atoms with van der Waals surface area (Å²) < 4.78 is 5.94. The molecule has 210 valence electrons. The molecule has 3 aromatic rings. The Bertz CT molecular complexity index is 1070. The summed E-state index contributed by atoms with van der Waals surface area (Å²) >= 11 is 0. The van der Waals surface area contributed by atoms with E-state index in [9.17, 15) is 0 Å². The van der Waals surface area contributed by atoms with Crippen LogP contribution < -0.4 is 0 Å². The minimum atomic E-state index is -1.75. The maximum atomic E-state index is 8.25. The van der Waals surface area contributed by atoms with Gasteiger partial charge in [-0.25, -0.2) is 14.0 Å². The maximum Gasteiger partial charge on any atom is 3.00 e. The number of nitriles is 1. The van der Waals surface area contributed by atoms with E-state index in [0.717, 1.165) is 34.2 Å². The molecule has 0 unspecified atom stereocenters. The molecule has 0 spiro atoms. The van der Waals surface area contributed by atoms with Gasteiger partial charge >= 0.3 is 38.6 Å². The van der Waals surface area contributed by atoms with Crippen LogP contribution >= 0.6 is 0 Å². The molecule has 3 heterocycles. The number of hydrogen-bond donors (Lipinski definition) is 0. The second-order valence-corrected chi connectivity index (χ2v) is 6.86. The average molecular weight is 684 g/mol. The quantitative estimate of drug-likeness (QED) is 0.283. The summed E-state index contributed by atoms with van der Waals surface area (Å²) in [5.41, 5.74) is 6.23. The molecule has 0 radical (unpaired) electrons. The average Bonchev–Trinajstić information content (AvgIpc) is 3.32. The molecule has 0 saturated heterocycles. The fraction of sp³-hybridized carbons (Fsp3) is 0.444. The van der Waals surface area contributed by atoms with Gasteiger partial charge in [0.25, 0.3) is 0 Å². The Morgan fingerprint density at radius 2 is 0.816 bits per heavy atom. The van der Waals surface area contributed by atoms with E-state index in [2.05, 4.69) is 54.3 Å². The largest absolute Gasteiger partial charge is 3.00 e. The zero-order valence-corrected chi connectivity index (χ0v) is 23.4. The first-order valence-electron chi connectivity index (χ1n) is 9.82. The van der Waals surface area contributed by atoms with E-state index >= 15 is 0 Å². The van der Waals surface area contributed by atoms with Crippen molar-refractivity contribution in [2.75, 3.05) is 0 Å². The van der Waals surface area contributed by atoms with Crippen molar-refractivity contribution in [3.05, 3.63) is 98.3 Å². The van der Waals surface area contributed by atoms with Crippen LogP contribution in [0, 0.1) is 137 Å². The van der Waals surface area contributed by atoms with Crippen molar-refractivity contribution in [2.24, 2.45) is 0 Å². The summed E-state index contributed by atoms with van der Waals surface area (Å²) in [7, 11) is 0. The molecule has 0 aromatic carbocycles. The predicted molar refractivity (Wildman–Crippen MR) is 127 cm³/mol. The molecule has 3 rings (SSSR count). The summed E-state index contributed by atoms with van der Waals surface area (Å²) in [5.74, 6) is 0. The Hall–Kier alpha value is -3.99. The van der Waals surface area contributed by atoms with Gasteiger partial charge in [0.15, 0.2) is 0 Å². The van der Waals surface area contributed by atoms with E-state index < -0.39 is 15.3 Å². The van der Waals surface area contributed by atoms with Gasteiger partial charge in [-0.05, 0) is 59.7 Å². The number of aryl methyl sites for hydroxylation is 6. The molecule has 19 nitrogen and oxygen atoms in total. The molecule has 0 aliphatic rings. The Labute approximate surface area is 246 Å². The number of rotatable bonds is 3. The van der Waals surface area contributed by atoms with E-state index in [1.807, 2.05) is 34.8 Å². The molecule has 0 fully saturated rings. The first-order chi connectivity index (χ1) is 17.0. The van der Waals surface area contributed by atoms with Gasteiger partial charge in [-0.3, -0.25) is 0 Å². The Kier molecular flexibility index (Phi) is 19.4. The van der Waals surface area contributed by atoms with Crippen molar-refractivity contribution in [1.29, 1.82) is 5.26 Å². The van der Waals surface area contributed by atoms with Crippen molar-refractivity contribution in [3.8, 4) is 6.07 Å². The normalized spacial score (nSPS) is 8.82. The van der Waals surface area contributed by atoms with Gasteiger partial charge in [0.05, 0.1) is 38.4 Å². The van der Waals surface area contributed by atoms with Gasteiger partial charge in [-0.1, -0.05) is 0 Å². The van der Waals surface area contributed by atoms with Crippen LogP contribution in [-0.2, 0) is 0 Å². The monoisotopic (exact) mass is 684 g/mol. The Morgan fingerprint density at radius 3 is 0.921 bits per heavy atom. The summed E-state index contributed by atoms with van der Waals surface area (Å²) in [5, 5.41) is 65.5. The van der Waals surface area contributed by atoms with Crippen LogP contribution in [0.3, 0.4) is 0 Å². The van der Waals surface area contributed by atoms with Crippen molar-refractivity contribution in [1.82, 2.24) is 29.3 Å². The third-order valence-electron chi connectivity index (χ3n) is 3.79. The fourth-order valence-electron chi connectivity index (χ4n) is 2.95. The molecule has 0 atom stereocenters. The van der Waals surface area contributed by atoms with E-state index in [4.69, 9.17) is 51.2 Å². The van der Waals surface area contributed by atoms with E-state index in [0.29, 0.717) is 0 Å². The molecule has 38 heavy (non-hydrogen) atoms. The van der Waals surface area contributed by atoms with Gasteiger partial charge in [0.1, 0.15) is 0 Å². The first-order valence-corrected chi connectivity index (χ1v) is 9.82. The summed E-state index contributed by atoms with van der Waals surface area (Å²) in [6, 6.07) is 7.97. The number of aromatic nitrogens is 6. The Morgan fingerprint density at radius 1 is 0.658 bits per heavy atom. The minimum Gasteiger partial charge on any atom is -0.356 e. The van der Waals surface area contributed by atoms with Crippen LogP contribution in [0.25, 0.3) is 0 Å². The number of hydrogen-bond acceptors (Lipinski definition) is 13. The molecule has 3 aromatic heterocycles. The summed E-state index contributed by atoms with van der Waals surface area (Å²) in [4.78, 5) is 24.8. The fourth-order valence-corrected chi connectivity index (χ4v) is 2.95. The second kappa shape index (κ2) is 19.2. The third kappa shape index (κ3) is 15.9. The van der Waals surface area contributed by atoms with Crippen LogP contribution in [0.2, 0.25) is 0 Å². The van der Waals surface area contributed by atoms with Crippen LogP contribution in [0.15, 0.2) is 18.2 Å².